The number of amides is 6. The molecule has 8 heterocycles. The number of nitrogens with one attached hydrogen (secondary N) is 1. The van der Waals surface area contributed by atoms with Gasteiger partial charge in [-0.25, -0.2) is 28.8 Å². The van der Waals surface area contributed by atoms with Crippen LogP contribution in [0.25, 0.3) is 0 Å². The van der Waals surface area contributed by atoms with Crippen molar-refractivity contribution in [3.8, 4) is 23.0 Å². The molecule has 764 valence electrons. The van der Waals surface area contributed by atoms with Crippen LogP contribution in [0.4, 0.5) is 28.8 Å². The Balaban J connectivity index is 0.000000270. The van der Waals surface area contributed by atoms with Crippen LogP contribution in [0.1, 0.15) is 247 Å². The Morgan fingerprint density at radius 3 is 1.02 bits per heavy atom. The van der Waals surface area contributed by atoms with Crippen LogP contribution in [0, 0.1) is 47.3 Å². The van der Waals surface area contributed by atoms with E-state index in [-0.39, 0.29) is 209 Å². The number of phenols is 1. The van der Waals surface area contributed by atoms with Crippen molar-refractivity contribution < 1.29 is 208 Å². The first kappa shape index (κ1) is 120. The third kappa shape index (κ3) is 42.8. The van der Waals surface area contributed by atoms with Gasteiger partial charge in [0, 0.05) is 89.1 Å². The fourth-order valence-corrected chi connectivity index (χ4v) is 18.5. The van der Waals surface area contributed by atoms with Gasteiger partial charge in [-0.15, -0.1) is 0 Å². The van der Waals surface area contributed by atoms with Gasteiger partial charge in [-0.2, -0.15) is 8.42 Å². The molecular formula is C107H156K2N8O22S. The van der Waals surface area contributed by atoms with Crippen LogP contribution in [0.15, 0.2) is 158 Å². The Morgan fingerprint density at radius 1 is 0.407 bits per heavy atom. The molecule has 0 spiro atoms. The van der Waals surface area contributed by atoms with Gasteiger partial charge in [0.2, 0.25) is 0 Å². The summed E-state index contributed by atoms with van der Waals surface area (Å²) in [6, 6.07) is 50.9. The first-order valence-electron chi connectivity index (χ1n) is 49.1. The van der Waals surface area contributed by atoms with Crippen molar-refractivity contribution in [1.82, 2.24) is 39.6 Å². The molecule has 6 aromatic rings. The summed E-state index contributed by atoms with van der Waals surface area (Å²) < 4.78 is 78.3. The average Bonchev–Trinajstić information content (AvgIpc) is 1.46. The number of rotatable bonds is 21. The second-order valence-electron chi connectivity index (χ2n) is 42.3. The topological polar surface area (TPSA) is 333 Å². The molecule has 12 atom stereocenters. The Labute approximate surface area is 919 Å². The number of hydrogen-bond donors (Lipinski definition) is 2. The van der Waals surface area contributed by atoms with E-state index < -0.39 is 32.5 Å². The molecule has 0 bridgehead atoms. The monoisotopic (exact) mass is 2020 g/mol. The predicted octanol–water partition coefficient (Wildman–Crippen LogP) is 13.8. The molecule has 8 aliphatic heterocycles. The standard InChI is InChI=1S/C30H40N2O5.C23H36N2O3.C22H34N2O3.C17H25NO3.C14H19NO5S.CH2O3.2K.H/c1-22-13-14-27(32(18-22)29(34)37-30(2,3)4)25-11-8-12-26(17-25)35-21-24-15-16-31(19-24)28(33)36-20-23-9-6-5-7-10-23;1-17-9-10-21(25(14-17)22(26)28-23(2,3)4)19-7-6-8-20(13-19)27-16-18-11-12-24(5)15-18;1-16-8-9-20(24(14-16)21(25)27-22(2,3)4)18-6-5-7-19(12-18)26-15-17-10-11-23-13-17;1-12-8-9-15(13-6-5-7-14(19)10-13)18(11-12)16(20)21-17(2,3)4;1-21(17,18)20-11-13-7-8-15(9-13)14(16)19-10-12-5-3-2-4-6-12;2-1-4-3;;;/h5-12,17,22,24,27H,13-16,18-21H2,1-4H3;6-8,13,17-18,21H,9-12,14-16H2,1-5H3;5-7,12,16-17,20,23H,8-11,13-15H2,1-4H3;5-7,10,12,15,19H,8-9,11H2,1-4H3;2-6,13H,7-11H2,1H3;1,3H;;;/q;;;;;;2*+1;-1/p-1/t22-,24-,27+;17-,18-,21+;16-,17-,20+;12-,15+;13-;;;;/m00000..../s1. The van der Waals surface area contributed by atoms with E-state index in [0.717, 1.165) is 174 Å². The first-order valence-corrected chi connectivity index (χ1v) is 51.0. The van der Waals surface area contributed by atoms with Gasteiger partial charge in [0.25, 0.3) is 16.6 Å². The van der Waals surface area contributed by atoms with Crippen LogP contribution in [0.2, 0.25) is 0 Å². The Hall–Kier alpha value is -7.33. The summed E-state index contributed by atoms with van der Waals surface area (Å²) >= 11 is 0. The molecule has 30 nitrogen and oxygen atoms in total. The molecule has 0 radical (unpaired) electrons. The fraction of sp³-hybridized carbons (Fsp3) is 0.598. The number of carbonyl (C=O) groups is 7. The fourth-order valence-electron chi connectivity index (χ4n) is 18.0. The molecule has 0 aromatic heterocycles. The number of hydrogen-bond acceptors (Lipinski definition) is 24. The molecule has 33 heteroatoms. The molecule has 8 fully saturated rings. The van der Waals surface area contributed by atoms with Gasteiger partial charge in [-0.3, -0.25) is 8.98 Å². The smallest absolute Gasteiger partial charge is 1.00 e. The van der Waals surface area contributed by atoms with Gasteiger partial charge in [-0.1, -0.05) is 137 Å². The second-order valence-corrected chi connectivity index (χ2v) is 44.0. The quantitative estimate of drug-likeness (QED) is 0.0169. The largest absolute Gasteiger partial charge is 1.00 e. The number of ether oxygens (including phenoxy) is 9. The molecule has 0 unspecified atom stereocenters. The van der Waals surface area contributed by atoms with Crippen molar-refractivity contribution >= 4 is 53.1 Å². The van der Waals surface area contributed by atoms with Crippen LogP contribution in [-0.2, 0) is 65.6 Å². The summed E-state index contributed by atoms with van der Waals surface area (Å²) in [6.45, 7) is 43.6. The van der Waals surface area contributed by atoms with Crippen LogP contribution in [-0.4, -0.2) is 232 Å². The number of piperidine rings is 4. The van der Waals surface area contributed by atoms with Gasteiger partial charge in [0.15, 0.2) is 0 Å². The molecular weight excluding hydrogens is 1860 g/mol. The minimum atomic E-state index is -3.43. The van der Waals surface area contributed by atoms with E-state index in [1.165, 1.54) is 12.8 Å². The molecule has 8 aliphatic rings. The van der Waals surface area contributed by atoms with E-state index in [2.05, 4.69) is 80.2 Å². The van der Waals surface area contributed by atoms with E-state index in [1.54, 1.807) is 26.8 Å². The average molecular weight is 2020 g/mol. The second kappa shape index (κ2) is 58.1. The molecule has 14 rings (SSSR count). The van der Waals surface area contributed by atoms with Crippen LogP contribution >= 0.6 is 0 Å². The zero-order valence-electron chi connectivity index (χ0n) is 87.8. The van der Waals surface area contributed by atoms with Gasteiger partial charge in [0.1, 0.15) is 58.6 Å². The van der Waals surface area contributed by atoms with Gasteiger partial charge in [-0.05, 0) is 286 Å². The SMILES string of the molecule is CS(=O)(=O)OC[C@H]1CCN(C(=O)OCc2ccccc2)C1.C[C@H]1CC[C@H](c2cccc(O)c2)N(C(=O)OC(C)(C)C)C1.C[C@H]1CC[C@H](c2cccc(OC[C@H]3CCN(C(=O)OCc4ccccc4)C3)c2)N(C(=O)OC(C)(C)C)C1.C[C@H]1CC[C@H](c2cccc(OC[C@H]3CCN(C)C3)c2)N(C(=O)OC(C)(C)C)C1.C[C@H]1CC[C@H](c2cccc(OC[C@H]3CCNC3)c2)N(C(=O)OC(C)(C)C)C1.O=CO[O-].[H-].[K+].[K+]. The third-order valence-electron chi connectivity index (χ3n) is 24.9. The van der Waals surface area contributed by atoms with E-state index in [1.807, 2.05) is 213 Å². The number of benzene rings is 6. The summed E-state index contributed by atoms with van der Waals surface area (Å²) in [4.78, 5) is 99.9. The normalized spacial score (nSPS) is 22.5. The number of nitrogens with zero attached hydrogens (tertiary/aromatic N) is 7. The number of phenolic OH excluding ortho intramolecular Hbond substituents is 1. The molecule has 8 saturated heterocycles. The van der Waals surface area contributed by atoms with Crippen molar-refractivity contribution in [3.63, 3.8) is 0 Å². The van der Waals surface area contributed by atoms with Crippen molar-refractivity contribution in [3.05, 3.63) is 191 Å². The third-order valence-corrected chi connectivity index (χ3v) is 25.5. The summed E-state index contributed by atoms with van der Waals surface area (Å²) in [7, 11) is -1.27. The number of aromatic hydroxyl groups is 1. The van der Waals surface area contributed by atoms with Crippen molar-refractivity contribution in [2.75, 3.05) is 118 Å². The molecule has 6 aromatic carbocycles. The van der Waals surface area contributed by atoms with Crippen LogP contribution < -0.4 is 128 Å². The van der Waals surface area contributed by atoms with E-state index >= 15 is 0 Å². The Morgan fingerprint density at radius 2 is 0.721 bits per heavy atom. The van der Waals surface area contributed by atoms with E-state index in [0.29, 0.717) is 81.4 Å². The minimum Gasteiger partial charge on any atom is -1.00 e. The zero-order chi connectivity index (χ0) is 100. The number of likely N-dealkylation sites (tertiary alicyclic amines) is 7. The molecule has 2 N–H and O–H groups in total. The van der Waals surface area contributed by atoms with Crippen LogP contribution in [0.3, 0.4) is 0 Å². The van der Waals surface area contributed by atoms with Gasteiger partial charge >= 0.3 is 139 Å². The van der Waals surface area contributed by atoms with Crippen LogP contribution in [0.5, 0.6) is 23.0 Å². The number of carbonyl (C=O) groups excluding carboxylic acids is 7. The maximum atomic E-state index is 13.0. The summed E-state index contributed by atoms with van der Waals surface area (Å²) in [5.74, 6) is 6.15. The van der Waals surface area contributed by atoms with Crippen molar-refractivity contribution in [2.24, 2.45) is 47.3 Å². The summed E-state index contributed by atoms with van der Waals surface area (Å²) in [6.07, 6.45) is 11.4. The minimum absolute atomic E-state index is 0. The molecule has 0 saturated carbocycles. The predicted molar refractivity (Wildman–Crippen MR) is 528 cm³/mol. The molecule has 6 amide bonds. The summed E-state index contributed by atoms with van der Waals surface area (Å²) in [5, 5.41) is 21.5. The van der Waals surface area contributed by atoms with Crippen molar-refractivity contribution in [2.45, 2.75) is 248 Å². The maximum Gasteiger partial charge on any atom is 1.00 e. The Bertz CT molecular complexity index is 4910. The zero-order valence-corrected chi connectivity index (χ0v) is 93.9. The van der Waals surface area contributed by atoms with Gasteiger partial charge < -0.3 is 98.9 Å². The van der Waals surface area contributed by atoms with Crippen molar-refractivity contribution in [1.29, 1.82) is 0 Å². The van der Waals surface area contributed by atoms with E-state index in [9.17, 15) is 42.3 Å². The Kier molecular flexibility index (Phi) is 49.7. The first-order chi connectivity index (χ1) is 65.3. The summed E-state index contributed by atoms with van der Waals surface area (Å²) in [5.41, 5.74) is 4.21. The molecule has 0 aliphatic carbocycles. The van der Waals surface area contributed by atoms with E-state index in [4.69, 9.17) is 56.9 Å². The molecule has 140 heavy (non-hydrogen) atoms. The maximum absolute atomic E-state index is 13.0. The van der Waals surface area contributed by atoms with Gasteiger partial charge in [0.05, 0.1) is 56.9 Å².